The number of rotatable bonds is 1. The zero-order valence-corrected chi connectivity index (χ0v) is 10.2. The van der Waals surface area contributed by atoms with Crippen LogP contribution in [0.15, 0.2) is 30.5 Å². The van der Waals surface area contributed by atoms with Gasteiger partial charge in [-0.05, 0) is 29.7 Å². The van der Waals surface area contributed by atoms with E-state index < -0.39 is 11.6 Å². The van der Waals surface area contributed by atoms with E-state index in [1.165, 1.54) is 5.56 Å². The molecule has 0 amide bonds. The largest absolute Gasteiger partial charge is 0.399 e. The molecule has 2 N–H and O–H groups in total. The molecule has 3 rings (SSSR count). The fraction of sp³-hybridized carbons (Fsp3) is 0.214. The van der Waals surface area contributed by atoms with Crippen molar-refractivity contribution in [3.8, 4) is 0 Å². The van der Waals surface area contributed by atoms with Crippen LogP contribution in [0.25, 0.3) is 0 Å². The van der Waals surface area contributed by atoms with Gasteiger partial charge in [0.1, 0.15) is 5.82 Å². The van der Waals surface area contributed by atoms with Crippen molar-refractivity contribution in [1.82, 2.24) is 4.98 Å². The summed E-state index contributed by atoms with van der Waals surface area (Å²) in [6.45, 7) is 1.20. The number of nitrogens with two attached hydrogens (primary N) is 1. The summed E-state index contributed by atoms with van der Waals surface area (Å²) in [5, 5.41) is 0. The molecule has 1 aromatic heterocycles. The van der Waals surface area contributed by atoms with Gasteiger partial charge < -0.3 is 10.6 Å². The molecule has 0 saturated carbocycles. The summed E-state index contributed by atoms with van der Waals surface area (Å²) >= 11 is 0. The van der Waals surface area contributed by atoms with Crippen molar-refractivity contribution in [2.24, 2.45) is 0 Å². The molecule has 19 heavy (non-hydrogen) atoms. The number of pyridine rings is 1. The lowest BCUT2D eigenvalue weighted by Gasteiger charge is -2.30. The number of hydrogen-bond acceptors (Lipinski definition) is 3. The highest BCUT2D eigenvalue weighted by molar-refractivity contribution is 5.50. The van der Waals surface area contributed by atoms with Crippen molar-refractivity contribution in [1.29, 1.82) is 0 Å². The van der Waals surface area contributed by atoms with Crippen LogP contribution in [-0.4, -0.2) is 11.5 Å². The lowest BCUT2D eigenvalue weighted by molar-refractivity contribution is 0.563. The first-order valence-corrected chi connectivity index (χ1v) is 6.07. The Bertz CT molecular complexity index is 628. The third kappa shape index (κ3) is 2.23. The van der Waals surface area contributed by atoms with Gasteiger partial charge in [-0.3, -0.25) is 0 Å². The fourth-order valence-electron chi connectivity index (χ4n) is 2.40. The SMILES string of the molecule is Nc1ccc2c(c1)CN(c1ncc(F)cc1F)CC2. The number of hydrogen-bond donors (Lipinski definition) is 1. The number of nitrogens with zero attached hydrogens (tertiary/aromatic N) is 2. The van der Waals surface area contributed by atoms with E-state index in [9.17, 15) is 8.78 Å². The molecule has 1 aromatic carbocycles. The summed E-state index contributed by atoms with van der Waals surface area (Å²) < 4.78 is 26.6. The van der Waals surface area contributed by atoms with Crippen molar-refractivity contribution >= 4 is 11.5 Å². The molecule has 0 spiro atoms. The molecule has 1 aliphatic rings. The second-order valence-corrected chi connectivity index (χ2v) is 4.66. The van der Waals surface area contributed by atoms with Crippen LogP contribution in [-0.2, 0) is 13.0 Å². The number of anilines is 2. The van der Waals surface area contributed by atoms with Gasteiger partial charge in [0.05, 0.1) is 6.20 Å². The van der Waals surface area contributed by atoms with E-state index in [1.807, 2.05) is 18.2 Å². The summed E-state index contributed by atoms with van der Waals surface area (Å²) in [6, 6.07) is 6.61. The Labute approximate surface area is 109 Å². The van der Waals surface area contributed by atoms with E-state index >= 15 is 0 Å². The summed E-state index contributed by atoms with van der Waals surface area (Å²) in [7, 11) is 0. The van der Waals surface area contributed by atoms with Crippen LogP contribution in [0.2, 0.25) is 0 Å². The molecule has 0 unspecified atom stereocenters. The fourth-order valence-corrected chi connectivity index (χ4v) is 2.40. The Hall–Kier alpha value is -2.17. The number of benzene rings is 1. The first kappa shape index (κ1) is 11.9. The molecule has 5 heteroatoms. The average Bonchev–Trinajstić information content (AvgIpc) is 2.38. The van der Waals surface area contributed by atoms with Crippen LogP contribution in [0.1, 0.15) is 11.1 Å². The monoisotopic (exact) mass is 261 g/mol. The number of halogens is 2. The normalized spacial score (nSPS) is 14.3. The first-order chi connectivity index (χ1) is 9.13. The minimum absolute atomic E-state index is 0.189. The van der Waals surface area contributed by atoms with E-state index in [4.69, 9.17) is 5.73 Å². The van der Waals surface area contributed by atoms with E-state index in [0.717, 1.165) is 24.2 Å². The van der Waals surface area contributed by atoms with Crippen LogP contribution in [0, 0.1) is 11.6 Å². The van der Waals surface area contributed by atoms with Gasteiger partial charge >= 0.3 is 0 Å². The molecule has 3 nitrogen and oxygen atoms in total. The maximum atomic E-state index is 13.7. The van der Waals surface area contributed by atoms with Gasteiger partial charge in [0.2, 0.25) is 0 Å². The van der Waals surface area contributed by atoms with Crippen LogP contribution >= 0.6 is 0 Å². The van der Waals surface area contributed by atoms with Crippen LogP contribution in [0.4, 0.5) is 20.3 Å². The Morgan fingerprint density at radius 1 is 1.16 bits per heavy atom. The quantitative estimate of drug-likeness (QED) is 0.802. The predicted octanol–water partition coefficient (Wildman–Crippen LogP) is 2.50. The Morgan fingerprint density at radius 3 is 2.79 bits per heavy atom. The highest BCUT2D eigenvalue weighted by Crippen LogP contribution is 2.26. The van der Waals surface area contributed by atoms with E-state index in [-0.39, 0.29) is 5.82 Å². The van der Waals surface area contributed by atoms with Crippen molar-refractivity contribution in [3.63, 3.8) is 0 Å². The summed E-state index contributed by atoms with van der Waals surface area (Å²) in [5.41, 5.74) is 8.73. The third-order valence-corrected chi connectivity index (χ3v) is 3.33. The second kappa shape index (κ2) is 4.50. The van der Waals surface area contributed by atoms with Crippen LogP contribution < -0.4 is 10.6 Å². The predicted molar refractivity (Wildman–Crippen MR) is 69.8 cm³/mol. The van der Waals surface area contributed by atoms with Gasteiger partial charge in [-0.1, -0.05) is 6.07 Å². The lowest BCUT2D eigenvalue weighted by Crippen LogP contribution is -2.31. The Kier molecular flexibility index (Phi) is 2.81. The molecule has 0 fully saturated rings. The molecule has 0 bridgehead atoms. The lowest BCUT2D eigenvalue weighted by atomic mass is 9.99. The Balaban J connectivity index is 1.93. The highest BCUT2D eigenvalue weighted by Gasteiger charge is 2.20. The molecule has 98 valence electrons. The topological polar surface area (TPSA) is 42.1 Å². The van der Waals surface area contributed by atoms with Crippen molar-refractivity contribution < 1.29 is 8.78 Å². The van der Waals surface area contributed by atoms with E-state index in [0.29, 0.717) is 18.8 Å². The molecular weight excluding hydrogens is 248 g/mol. The van der Waals surface area contributed by atoms with E-state index in [1.54, 1.807) is 4.90 Å². The number of nitrogen functional groups attached to an aromatic ring is 1. The third-order valence-electron chi connectivity index (χ3n) is 3.33. The summed E-state index contributed by atoms with van der Waals surface area (Å²) in [4.78, 5) is 5.64. The second-order valence-electron chi connectivity index (χ2n) is 4.66. The zero-order chi connectivity index (χ0) is 13.4. The summed E-state index contributed by atoms with van der Waals surface area (Å²) in [6.07, 6.45) is 1.83. The standard InChI is InChI=1S/C14H13F2N3/c15-11-6-13(16)14(18-7-11)19-4-3-9-1-2-12(17)5-10(9)8-19/h1-2,5-7H,3-4,8,17H2. The smallest absolute Gasteiger partial charge is 0.168 e. The van der Waals surface area contributed by atoms with Crippen molar-refractivity contribution in [2.45, 2.75) is 13.0 Å². The molecule has 0 radical (unpaired) electrons. The maximum Gasteiger partial charge on any atom is 0.168 e. The van der Waals surface area contributed by atoms with Crippen LogP contribution in [0.5, 0.6) is 0 Å². The zero-order valence-electron chi connectivity index (χ0n) is 10.2. The van der Waals surface area contributed by atoms with E-state index in [2.05, 4.69) is 4.98 Å². The molecule has 1 aliphatic heterocycles. The first-order valence-electron chi connectivity index (χ1n) is 6.07. The molecule has 2 heterocycles. The minimum Gasteiger partial charge on any atom is -0.399 e. The molecule has 0 atom stereocenters. The average molecular weight is 261 g/mol. The van der Waals surface area contributed by atoms with Crippen molar-refractivity contribution in [2.75, 3.05) is 17.2 Å². The van der Waals surface area contributed by atoms with Gasteiger partial charge in [-0.25, -0.2) is 13.8 Å². The molecular formula is C14H13F2N3. The minimum atomic E-state index is -0.664. The number of fused-ring (bicyclic) bond motifs is 1. The maximum absolute atomic E-state index is 13.7. The van der Waals surface area contributed by atoms with Gasteiger partial charge in [0.15, 0.2) is 11.6 Å². The highest BCUT2D eigenvalue weighted by atomic mass is 19.1. The number of aromatic nitrogens is 1. The van der Waals surface area contributed by atoms with Gasteiger partial charge in [0, 0.05) is 24.8 Å². The molecule has 2 aromatic rings. The van der Waals surface area contributed by atoms with Gasteiger partial charge in [-0.2, -0.15) is 0 Å². The summed E-state index contributed by atoms with van der Waals surface area (Å²) in [5.74, 6) is -1.11. The van der Waals surface area contributed by atoms with Crippen LogP contribution in [0.3, 0.4) is 0 Å². The molecule has 0 aliphatic carbocycles. The molecule has 0 saturated heterocycles. The van der Waals surface area contributed by atoms with Gasteiger partial charge in [-0.15, -0.1) is 0 Å². The van der Waals surface area contributed by atoms with Gasteiger partial charge in [0.25, 0.3) is 0 Å². The van der Waals surface area contributed by atoms with Crippen molar-refractivity contribution in [3.05, 3.63) is 53.2 Å². The Morgan fingerprint density at radius 2 is 2.00 bits per heavy atom.